The summed E-state index contributed by atoms with van der Waals surface area (Å²) in [6.45, 7) is 3.28. The minimum Gasteiger partial charge on any atom is -0.306 e. The lowest BCUT2D eigenvalue weighted by Crippen LogP contribution is -2.44. The first-order valence-corrected chi connectivity index (χ1v) is 6.64. The topological polar surface area (TPSA) is 12.0 Å². The Morgan fingerprint density at radius 2 is 2.00 bits per heavy atom. The second-order valence-corrected chi connectivity index (χ2v) is 5.28. The summed E-state index contributed by atoms with van der Waals surface area (Å²) in [6.07, 6.45) is 4.15. The normalized spacial score (nSPS) is 20.1. The Morgan fingerprint density at radius 1 is 1.31 bits per heavy atom. The molecule has 0 heterocycles. The van der Waals surface area contributed by atoms with Crippen LogP contribution in [0.2, 0.25) is 0 Å². The second kappa shape index (κ2) is 5.20. The lowest BCUT2D eigenvalue weighted by Gasteiger charge is -2.34. The van der Waals surface area contributed by atoms with Crippen molar-refractivity contribution in [2.24, 2.45) is 5.92 Å². The summed E-state index contributed by atoms with van der Waals surface area (Å²) in [6, 6.07) is 10.5. The van der Waals surface area contributed by atoms with Crippen LogP contribution in [-0.4, -0.2) is 12.4 Å². The molecule has 0 saturated heterocycles. The zero-order valence-electron chi connectivity index (χ0n) is 9.88. The van der Waals surface area contributed by atoms with E-state index in [1.165, 1.54) is 24.8 Å². The summed E-state index contributed by atoms with van der Waals surface area (Å²) in [4.78, 5) is 0. The highest BCUT2D eigenvalue weighted by Crippen LogP contribution is 2.28. The smallest absolute Gasteiger partial charge is 0.0543 e. The highest BCUT2D eigenvalue weighted by Gasteiger charge is 2.27. The molecule has 88 valence electrons. The predicted molar refractivity (Wildman–Crippen MR) is 69.9 cm³/mol. The van der Waals surface area contributed by atoms with E-state index in [0.717, 1.165) is 12.5 Å². The van der Waals surface area contributed by atoms with E-state index in [1.807, 2.05) is 6.07 Å². The van der Waals surface area contributed by atoms with Crippen LogP contribution in [0.4, 0.5) is 0 Å². The van der Waals surface area contributed by atoms with Crippen molar-refractivity contribution in [2.75, 3.05) is 12.4 Å². The Morgan fingerprint density at radius 3 is 2.50 bits per heavy atom. The van der Waals surface area contributed by atoms with E-state index in [0.29, 0.717) is 5.88 Å². The zero-order valence-corrected chi connectivity index (χ0v) is 10.6. The Hall–Kier alpha value is -0.530. The van der Waals surface area contributed by atoms with Crippen LogP contribution in [0.25, 0.3) is 0 Å². The van der Waals surface area contributed by atoms with Crippen LogP contribution in [0.1, 0.15) is 31.7 Å². The molecule has 0 spiro atoms. The molecule has 0 aromatic heterocycles. The van der Waals surface area contributed by atoms with Crippen molar-refractivity contribution < 1.29 is 0 Å². The fourth-order valence-corrected chi connectivity index (χ4v) is 2.35. The Labute approximate surface area is 103 Å². The monoisotopic (exact) mass is 237 g/mol. The number of hydrogen-bond acceptors (Lipinski definition) is 1. The van der Waals surface area contributed by atoms with Crippen molar-refractivity contribution in [1.82, 2.24) is 5.32 Å². The number of rotatable bonds is 5. The maximum Gasteiger partial charge on any atom is 0.0543 e. The van der Waals surface area contributed by atoms with Crippen molar-refractivity contribution in [3.05, 3.63) is 35.9 Å². The molecular formula is C14H20ClN. The van der Waals surface area contributed by atoms with E-state index in [9.17, 15) is 0 Å². The Kier molecular flexibility index (Phi) is 3.88. The molecule has 1 unspecified atom stereocenters. The van der Waals surface area contributed by atoms with Crippen LogP contribution in [0.15, 0.2) is 30.3 Å². The van der Waals surface area contributed by atoms with Gasteiger partial charge in [0, 0.05) is 5.88 Å². The molecule has 16 heavy (non-hydrogen) atoms. The number of hydrogen-bond donors (Lipinski definition) is 1. The second-order valence-electron chi connectivity index (χ2n) is 5.01. The van der Waals surface area contributed by atoms with Crippen LogP contribution in [0, 0.1) is 5.92 Å². The maximum absolute atomic E-state index is 6.13. The molecule has 1 aromatic carbocycles. The lowest BCUT2D eigenvalue weighted by atomic mass is 9.84. The Balaban J connectivity index is 2.00. The molecule has 2 heteroatoms. The van der Waals surface area contributed by atoms with Gasteiger partial charge in [-0.3, -0.25) is 0 Å². The highest BCUT2D eigenvalue weighted by molar-refractivity contribution is 6.18. The SMILES string of the molecule is CC(CCl)(NCC1CCC1)c1ccccc1. The van der Waals surface area contributed by atoms with Crippen molar-refractivity contribution >= 4 is 11.6 Å². The minimum absolute atomic E-state index is 0.0849. The van der Waals surface area contributed by atoms with Gasteiger partial charge >= 0.3 is 0 Å². The fourth-order valence-electron chi connectivity index (χ4n) is 2.10. The molecule has 1 aromatic rings. The number of halogens is 1. The summed E-state index contributed by atoms with van der Waals surface area (Å²) in [5, 5.41) is 3.63. The summed E-state index contributed by atoms with van der Waals surface area (Å²) in [5.74, 6) is 1.48. The molecule has 0 bridgehead atoms. The van der Waals surface area contributed by atoms with E-state index in [-0.39, 0.29) is 5.54 Å². The lowest BCUT2D eigenvalue weighted by molar-refractivity contribution is 0.265. The molecular weight excluding hydrogens is 218 g/mol. The van der Waals surface area contributed by atoms with Crippen molar-refractivity contribution in [2.45, 2.75) is 31.7 Å². The summed E-state index contributed by atoms with van der Waals surface area (Å²) < 4.78 is 0. The average molecular weight is 238 g/mol. The van der Waals surface area contributed by atoms with E-state index in [2.05, 4.69) is 36.5 Å². The molecule has 1 saturated carbocycles. The van der Waals surface area contributed by atoms with E-state index < -0.39 is 0 Å². The van der Waals surface area contributed by atoms with Gasteiger partial charge in [0.15, 0.2) is 0 Å². The summed E-state index contributed by atoms with van der Waals surface area (Å²) in [7, 11) is 0. The number of benzene rings is 1. The van der Waals surface area contributed by atoms with Gasteiger partial charge in [0.05, 0.1) is 5.54 Å². The molecule has 1 atom stereocenters. The number of nitrogens with one attached hydrogen (secondary N) is 1. The first kappa shape index (κ1) is 11.9. The van der Waals surface area contributed by atoms with E-state index >= 15 is 0 Å². The molecule has 1 aliphatic carbocycles. The molecule has 0 radical (unpaired) electrons. The van der Waals surface area contributed by atoms with Crippen LogP contribution >= 0.6 is 11.6 Å². The maximum atomic E-state index is 6.13. The molecule has 1 nitrogen and oxygen atoms in total. The molecule has 0 amide bonds. The van der Waals surface area contributed by atoms with Crippen LogP contribution in [0.3, 0.4) is 0 Å². The molecule has 1 aliphatic rings. The van der Waals surface area contributed by atoms with Crippen LogP contribution < -0.4 is 5.32 Å². The van der Waals surface area contributed by atoms with E-state index in [4.69, 9.17) is 11.6 Å². The third-order valence-electron chi connectivity index (χ3n) is 3.68. The number of alkyl halides is 1. The first-order valence-electron chi connectivity index (χ1n) is 6.11. The van der Waals surface area contributed by atoms with Gasteiger partial charge in [-0.2, -0.15) is 0 Å². The first-order chi connectivity index (χ1) is 7.74. The third kappa shape index (κ3) is 2.58. The third-order valence-corrected chi connectivity index (χ3v) is 4.22. The van der Waals surface area contributed by atoms with Gasteiger partial charge < -0.3 is 5.32 Å². The van der Waals surface area contributed by atoms with E-state index in [1.54, 1.807) is 0 Å². The van der Waals surface area contributed by atoms with Gasteiger partial charge in [-0.05, 0) is 37.8 Å². The van der Waals surface area contributed by atoms with Gasteiger partial charge in [0.25, 0.3) is 0 Å². The molecule has 2 rings (SSSR count). The Bertz CT molecular complexity index is 321. The van der Waals surface area contributed by atoms with Crippen LogP contribution in [0.5, 0.6) is 0 Å². The largest absolute Gasteiger partial charge is 0.306 e. The van der Waals surface area contributed by atoms with Gasteiger partial charge in [0.1, 0.15) is 0 Å². The van der Waals surface area contributed by atoms with Crippen molar-refractivity contribution in [3.63, 3.8) is 0 Å². The van der Waals surface area contributed by atoms with Crippen molar-refractivity contribution in [1.29, 1.82) is 0 Å². The quantitative estimate of drug-likeness (QED) is 0.773. The standard InChI is InChI=1S/C14H20ClN/c1-14(11-15,13-8-3-2-4-9-13)16-10-12-6-5-7-12/h2-4,8-9,12,16H,5-7,10-11H2,1H3. The van der Waals surface area contributed by atoms with Gasteiger partial charge in [-0.1, -0.05) is 36.8 Å². The summed E-state index contributed by atoms with van der Waals surface area (Å²) in [5.41, 5.74) is 1.20. The van der Waals surface area contributed by atoms with Gasteiger partial charge in [-0.25, -0.2) is 0 Å². The zero-order chi connectivity index (χ0) is 11.4. The molecule has 0 aliphatic heterocycles. The van der Waals surface area contributed by atoms with Gasteiger partial charge in [-0.15, -0.1) is 11.6 Å². The molecule has 1 fully saturated rings. The van der Waals surface area contributed by atoms with Crippen molar-refractivity contribution in [3.8, 4) is 0 Å². The minimum atomic E-state index is -0.0849. The van der Waals surface area contributed by atoms with Gasteiger partial charge in [0.2, 0.25) is 0 Å². The summed E-state index contributed by atoms with van der Waals surface area (Å²) >= 11 is 6.13. The highest BCUT2D eigenvalue weighted by atomic mass is 35.5. The average Bonchev–Trinajstić information content (AvgIpc) is 2.28. The predicted octanol–water partition coefficient (Wildman–Crippen LogP) is 3.53. The van der Waals surface area contributed by atoms with Crippen LogP contribution in [-0.2, 0) is 5.54 Å². The molecule has 1 N–H and O–H groups in total. The fraction of sp³-hybridized carbons (Fsp3) is 0.571.